The Kier molecular flexibility index (Phi) is 2.59. The van der Waals surface area contributed by atoms with E-state index >= 15 is 0 Å². The highest BCUT2D eigenvalue weighted by molar-refractivity contribution is 5.88. The van der Waals surface area contributed by atoms with Gasteiger partial charge in [-0.25, -0.2) is 0 Å². The van der Waals surface area contributed by atoms with E-state index in [2.05, 4.69) is 58.5 Å². The highest BCUT2D eigenvalue weighted by atomic mass is 14.7. The molecule has 0 bridgehead atoms. The van der Waals surface area contributed by atoms with Gasteiger partial charge < -0.3 is 9.97 Å². The summed E-state index contributed by atoms with van der Waals surface area (Å²) in [6.45, 7) is 0. The highest BCUT2D eigenvalue weighted by Crippen LogP contribution is 2.42. The smallest absolute Gasteiger partial charge is 0.0467 e. The maximum atomic E-state index is 3.68. The molecule has 4 aromatic rings. The second-order valence-electron chi connectivity index (χ2n) is 5.95. The average Bonchev–Trinajstić information content (AvgIpc) is 3.33. The van der Waals surface area contributed by atoms with Gasteiger partial charge in [0, 0.05) is 34.9 Å². The SMILES string of the molecule is [c]1c2c(cc(-c3ccc[nH]3)c1-c1ccc[nH]1)-c1ccccc1C2. The Hall–Kier alpha value is -3.00. The van der Waals surface area contributed by atoms with Gasteiger partial charge in [0.05, 0.1) is 0 Å². The van der Waals surface area contributed by atoms with Crippen molar-refractivity contribution in [2.45, 2.75) is 6.42 Å². The van der Waals surface area contributed by atoms with Gasteiger partial charge in [0.2, 0.25) is 0 Å². The maximum absolute atomic E-state index is 3.68. The molecular formula is C21H15N2. The van der Waals surface area contributed by atoms with Crippen molar-refractivity contribution in [1.82, 2.24) is 9.97 Å². The number of rotatable bonds is 2. The molecule has 0 saturated heterocycles. The number of fused-ring (bicyclic) bond motifs is 3. The van der Waals surface area contributed by atoms with Gasteiger partial charge in [-0.1, -0.05) is 24.3 Å². The van der Waals surface area contributed by atoms with Gasteiger partial charge in [0.15, 0.2) is 0 Å². The Morgan fingerprint density at radius 1 is 0.739 bits per heavy atom. The average molecular weight is 295 g/mol. The Morgan fingerprint density at radius 3 is 2.30 bits per heavy atom. The molecule has 2 heterocycles. The first-order chi connectivity index (χ1) is 11.4. The van der Waals surface area contributed by atoms with E-state index < -0.39 is 0 Å². The zero-order valence-corrected chi connectivity index (χ0v) is 12.6. The molecule has 5 rings (SSSR count). The van der Waals surface area contributed by atoms with Crippen LogP contribution in [0.2, 0.25) is 0 Å². The fraction of sp³-hybridized carbons (Fsp3) is 0.0476. The lowest BCUT2D eigenvalue weighted by Gasteiger charge is -2.11. The minimum atomic E-state index is 0.963. The number of benzene rings is 2. The monoisotopic (exact) mass is 295 g/mol. The molecule has 2 aromatic carbocycles. The first-order valence-corrected chi connectivity index (χ1v) is 7.85. The molecule has 0 saturated carbocycles. The molecule has 2 heteroatoms. The molecule has 1 aliphatic rings. The third-order valence-corrected chi connectivity index (χ3v) is 4.59. The van der Waals surface area contributed by atoms with Crippen LogP contribution in [0.25, 0.3) is 33.6 Å². The predicted octanol–water partition coefficient (Wildman–Crippen LogP) is 5.05. The molecule has 1 radical (unpaired) electrons. The van der Waals surface area contributed by atoms with Crippen LogP contribution >= 0.6 is 0 Å². The van der Waals surface area contributed by atoms with Crippen LogP contribution in [0.4, 0.5) is 0 Å². The highest BCUT2D eigenvalue weighted by Gasteiger charge is 2.22. The zero-order chi connectivity index (χ0) is 15.2. The summed E-state index contributed by atoms with van der Waals surface area (Å²) in [6, 6.07) is 22.9. The van der Waals surface area contributed by atoms with Crippen molar-refractivity contribution < 1.29 is 0 Å². The maximum Gasteiger partial charge on any atom is 0.0467 e. The van der Waals surface area contributed by atoms with E-state index in [0.717, 1.165) is 23.4 Å². The minimum absolute atomic E-state index is 0.963. The van der Waals surface area contributed by atoms with Gasteiger partial charge in [-0.2, -0.15) is 0 Å². The molecule has 2 aromatic heterocycles. The molecule has 0 atom stereocenters. The second-order valence-corrected chi connectivity index (χ2v) is 5.95. The fourth-order valence-electron chi connectivity index (χ4n) is 3.51. The molecule has 0 unspecified atom stereocenters. The molecule has 0 amide bonds. The van der Waals surface area contributed by atoms with Gasteiger partial charge >= 0.3 is 0 Å². The van der Waals surface area contributed by atoms with E-state index in [1.165, 1.54) is 27.8 Å². The van der Waals surface area contributed by atoms with Crippen LogP contribution in [0.3, 0.4) is 0 Å². The van der Waals surface area contributed by atoms with E-state index in [1.807, 2.05) is 24.5 Å². The van der Waals surface area contributed by atoms with E-state index in [0.29, 0.717) is 0 Å². The second kappa shape index (κ2) is 4.75. The van der Waals surface area contributed by atoms with Crippen molar-refractivity contribution >= 4 is 0 Å². The zero-order valence-electron chi connectivity index (χ0n) is 12.6. The quantitative estimate of drug-likeness (QED) is 0.457. The lowest BCUT2D eigenvalue weighted by atomic mass is 9.94. The van der Waals surface area contributed by atoms with Crippen LogP contribution in [0, 0.1) is 6.07 Å². The molecule has 0 spiro atoms. The van der Waals surface area contributed by atoms with Crippen LogP contribution in [0.15, 0.2) is 67.0 Å². The molecule has 23 heavy (non-hydrogen) atoms. The van der Waals surface area contributed by atoms with Gasteiger partial charge in [-0.05, 0) is 65.1 Å². The molecule has 1 aliphatic carbocycles. The minimum Gasteiger partial charge on any atom is -0.361 e. The van der Waals surface area contributed by atoms with Crippen LogP contribution in [0.1, 0.15) is 11.1 Å². The first-order valence-electron chi connectivity index (χ1n) is 7.85. The Labute approximate surface area is 134 Å². The topological polar surface area (TPSA) is 31.6 Å². The van der Waals surface area contributed by atoms with Crippen LogP contribution in [-0.2, 0) is 6.42 Å². The Balaban J connectivity index is 1.80. The molecule has 0 aliphatic heterocycles. The number of nitrogens with one attached hydrogen (secondary N) is 2. The number of hydrogen-bond acceptors (Lipinski definition) is 0. The van der Waals surface area contributed by atoms with Gasteiger partial charge in [-0.3, -0.25) is 0 Å². The lowest BCUT2D eigenvalue weighted by molar-refractivity contribution is 1.25. The van der Waals surface area contributed by atoms with E-state index in [4.69, 9.17) is 0 Å². The molecule has 2 nitrogen and oxygen atoms in total. The molecular weight excluding hydrogens is 280 g/mol. The summed E-state index contributed by atoms with van der Waals surface area (Å²) in [7, 11) is 0. The lowest BCUT2D eigenvalue weighted by Crippen LogP contribution is -1.90. The third kappa shape index (κ3) is 1.88. The van der Waals surface area contributed by atoms with Crippen LogP contribution < -0.4 is 0 Å². The van der Waals surface area contributed by atoms with Gasteiger partial charge in [0.1, 0.15) is 0 Å². The largest absolute Gasteiger partial charge is 0.361 e. The van der Waals surface area contributed by atoms with Crippen LogP contribution in [0.5, 0.6) is 0 Å². The Bertz CT molecular complexity index is 977. The van der Waals surface area contributed by atoms with Crippen molar-refractivity contribution in [3.8, 4) is 33.6 Å². The van der Waals surface area contributed by atoms with Crippen LogP contribution in [-0.4, -0.2) is 9.97 Å². The Morgan fingerprint density at radius 2 is 1.52 bits per heavy atom. The normalized spacial score (nSPS) is 12.2. The molecule has 2 N–H and O–H groups in total. The van der Waals surface area contributed by atoms with Crippen molar-refractivity contribution in [2.75, 3.05) is 0 Å². The summed E-state index contributed by atoms with van der Waals surface area (Å²) >= 11 is 0. The predicted molar refractivity (Wildman–Crippen MR) is 93.1 cm³/mol. The van der Waals surface area contributed by atoms with Gasteiger partial charge in [0.25, 0.3) is 0 Å². The van der Waals surface area contributed by atoms with Crippen molar-refractivity contribution in [3.63, 3.8) is 0 Å². The van der Waals surface area contributed by atoms with Crippen molar-refractivity contribution in [1.29, 1.82) is 0 Å². The van der Waals surface area contributed by atoms with E-state index in [9.17, 15) is 0 Å². The molecule has 0 fully saturated rings. The van der Waals surface area contributed by atoms with E-state index in [-0.39, 0.29) is 0 Å². The summed E-state index contributed by atoms with van der Waals surface area (Å²) in [5.41, 5.74) is 9.86. The van der Waals surface area contributed by atoms with Crippen molar-refractivity contribution in [2.24, 2.45) is 0 Å². The summed E-state index contributed by atoms with van der Waals surface area (Å²) in [6.07, 6.45) is 4.89. The summed E-state index contributed by atoms with van der Waals surface area (Å²) in [4.78, 5) is 6.66. The number of H-pyrrole nitrogens is 2. The number of aromatic nitrogens is 2. The van der Waals surface area contributed by atoms with Crippen molar-refractivity contribution in [3.05, 3.63) is 84.2 Å². The molecule has 109 valence electrons. The van der Waals surface area contributed by atoms with E-state index in [1.54, 1.807) is 0 Å². The summed E-state index contributed by atoms with van der Waals surface area (Å²) in [5, 5.41) is 0. The summed E-state index contributed by atoms with van der Waals surface area (Å²) < 4.78 is 0. The summed E-state index contributed by atoms with van der Waals surface area (Å²) in [5.74, 6) is 0. The fourth-order valence-corrected chi connectivity index (χ4v) is 3.51. The third-order valence-electron chi connectivity index (χ3n) is 4.59. The first kappa shape index (κ1) is 12.5. The van der Waals surface area contributed by atoms with Gasteiger partial charge in [-0.15, -0.1) is 0 Å². The number of aromatic amines is 2. The standard InChI is InChI=1S/C21H15N2/c1-2-6-16-14(5-1)11-15-12-18(20-7-3-9-22-20)19(13-17(15)16)21-8-4-10-23-21/h1-10,13,22-23H,11H2. The number of hydrogen-bond donors (Lipinski definition) is 2.